The summed E-state index contributed by atoms with van der Waals surface area (Å²) in [6.45, 7) is 2.73. The number of methoxy groups -OCH3 is 2. The molecule has 1 unspecified atom stereocenters. The molecule has 0 aromatic rings. The highest BCUT2D eigenvalue weighted by molar-refractivity contribution is 4.86. The average molecular weight is 187 g/mol. The van der Waals surface area contributed by atoms with Gasteiger partial charge in [-0.05, 0) is 31.7 Å². The molecule has 0 aliphatic heterocycles. The van der Waals surface area contributed by atoms with Crippen LogP contribution in [0.3, 0.4) is 0 Å². The van der Waals surface area contributed by atoms with Gasteiger partial charge in [0.1, 0.15) is 0 Å². The molecule has 1 aliphatic rings. The Bertz CT molecular complexity index is 126. The standard InChI is InChI=1S/C10H21NO2/c1-12-7-3-6-11-10(8-13-2)9-4-5-9/h9-11H,3-8H2,1-2H3. The van der Waals surface area contributed by atoms with Crippen LogP contribution in [-0.2, 0) is 9.47 Å². The molecule has 3 heteroatoms. The molecule has 1 rings (SSSR count). The van der Waals surface area contributed by atoms with Gasteiger partial charge in [0.05, 0.1) is 6.61 Å². The summed E-state index contributed by atoms with van der Waals surface area (Å²) in [6, 6.07) is 0.571. The largest absolute Gasteiger partial charge is 0.385 e. The van der Waals surface area contributed by atoms with Crippen LogP contribution >= 0.6 is 0 Å². The van der Waals surface area contributed by atoms with Crippen LogP contribution in [0.4, 0.5) is 0 Å². The van der Waals surface area contributed by atoms with E-state index in [2.05, 4.69) is 5.32 Å². The zero-order valence-electron chi connectivity index (χ0n) is 8.71. The summed E-state index contributed by atoms with van der Waals surface area (Å²) in [5, 5.41) is 3.51. The van der Waals surface area contributed by atoms with Gasteiger partial charge in [0.25, 0.3) is 0 Å². The smallest absolute Gasteiger partial charge is 0.0618 e. The van der Waals surface area contributed by atoms with Crippen molar-refractivity contribution in [3.8, 4) is 0 Å². The average Bonchev–Trinajstić information content (AvgIpc) is 2.93. The molecule has 13 heavy (non-hydrogen) atoms. The van der Waals surface area contributed by atoms with Crippen molar-refractivity contribution in [1.82, 2.24) is 5.32 Å². The van der Waals surface area contributed by atoms with E-state index in [4.69, 9.17) is 9.47 Å². The van der Waals surface area contributed by atoms with Crippen molar-refractivity contribution in [2.45, 2.75) is 25.3 Å². The molecular weight excluding hydrogens is 166 g/mol. The number of nitrogens with one attached hydrogen (secondary N) is 1. The lowest BCUT2D eigenvalue weighted by atomic mass is 10.2. The zero-order chi connectivity index (χ0) is 9.52. The first-order valence-electron chi connectivity index (χ1n) is 5.09. The zero-order valence-corrected chi connectivity index (χ0v) is 8.71. The van der Waals surface area contributed by atoms with E-state index in [1.165, 1.54) is 12.8 Å². The number of hydrogen-bond acceptors (Lipinski definition) is 3. The van der Waals surface area contributed by atoms with Crippen LogP contribution in [0.15, 0.2) is 0 Å². The highest BCUT2D eigenvalue weighted by Gasteiger charge is 2.30. The minimum Gasteiger partial charge on any atom is -0.385 e. The van der Waals surface area contributed by atoms with E-state index < -0.39 is 0 Å². The fourth-order valence-corrected chi connectivity index (χ4v) is 1.54. The Balaban J connectivity index is 2.00. The van der Waals surface area contributed by atoms with Crippen LogP contribution in [0.5, 0.6) is 0 Å². The highest BCUT2D eigenvalue weighted by atomic mass is 16.5. The molecule has 0 saturated heterocycles. The number of hydrogen-bond donors (Lipinski definition) is 1. The van der Waals surface area contributed by atoms with E-state index in [9.17, 15) is 0 Å². The minimum absolute atomic E-state index is 0.571. The Hall–Kier alpha value is -0.120. The molecule has 0 aromatic carbocycles. The molecule has 1 fully saturated rings. The molecule has 1 atom stereocenters. The van der Waals surface area contributed by atoms with Crippen molar-refractivity contribution in [1.29, 1.82) is 0 Å². The molecule has 1 saturated carbocycles. The second-order valence-corrected chi connectivity index (χ2v) is 3.70. The molecule has 0 radical (unpaired) electrons. The maximum Gasteiger partial charge on any atom is 0.0618 e. The number of ether oxygens (including phenoxy) is 2. The van der Waals surface area contributed by atoms with E-state index in [1.54, 1.807) is 14.2 Å². The van der Waals surface area contributed by atoms with Gasteiger partial charge in [-0.3, -0.25) is 0 Å². The third kappa shape index (κ3) is 4.60. The molecule has 78 valence electrons. The van der Waals surface area contributed by atoms with Crippen molar-refractivity contribution in [3.63, 3.8) is 0 Å². The van der Waals surface area contributed by atoms with E-state index in [0.717, 1.165) is 32.1 Å². The van der Waals surface area contributed by atoms with Gasteiger partial charge in [-0.1, -0.05) is 0 Å². The van der Waals surface area contributed by atoms with Crippen molar-refractivity contribution in [2.75, 3.05) is 34.0 Å². The van der Waals surface area contributed by atoms with Crippen molar-refractivity contribution in [3.05, 3.63) is 0 Å². The Morgan fingerprint density at radius 2 is 2.08 bits per heavy atom. The maximum atomic E-state index is 5.17. The van der Waals surface area contributed by atoms with Gasteiger partial charge in [0.2, 0.25) is 0 Å². The van der Waals surface area contributed by atoms with Crippen LogP contribution in [0.1, 0.15) is 19.3 Å². The Morgan fingerprint density at radius 3 is 2.62 bits per heavy atom. The second kappa shape index (κ2) is 6.35. The van der Waals surface area contributed by atoms with Crippen molar-refractivity contribution >= 4 is 0 Å². The molecule has 3 nitrogen and oxygen atoms in total. The summed E-state index contributed by atoms with van der Waals surface area (Å²) in [5.41, 5.74) is 0. The van der Waals surface area contributed by atoms with E-state index in [1.807, 2.05) is 0 Å². The molecule has 0 spiro atoms. The Kier molecular flexibility index (Phi) is 5.35. The van der Waals surface area contributed by atoms with Crippen LogP contribution < -0.4 is 5.32 Å². The Labute approximate surface area is 80.8 Å². The maximum absolute atomic E-state index is 5.17. The van der Waals surface area contributed by atoms with Crippen molar-refractivity contribution in [2.24, 2.45) is 5.92 Å². The van der Waals surface area contributed by atoms with Gasteiger partial charge in [0, 0.05) is 26.9 Å². The molecule has 0 amide bonds. The topological polar surface area (TPSA) is 30.5 Å². The molecule has 0 bridgehead atoms. The molecule has 1 N–H and O–H groups in total. The first-order chi connectivity index (χ1) is 6.38. The van der Waals surface area contributed by atoms with Crippen LogP contribution in [0, 0.1) is 5.92 Å². The fourth-order valence-electron chi connectivity index (χ4n) is 1.54. The first kappa shape index (κ1) is 11.0. The van der Waals surface area contributed by atoms with Gasteiger partial charge in [-0.15, -0.1) is 0 Å². The predicted octanol–water partition coefficient (Wildman–Crippen LogP) is 1.04. The SMILES string of the molecule is COCCCNC(COC)C1CC1. The number of rotatable bonds is 8. The molecule has 0 aromatic heterocycles. The summed E-state index contributed by atoms with van der Waals surface area (Å²) >= 11 is 0. The molecule has 1 aliphatic carbocycles. The summed E-state index contributed by atoms with van der Waals surface area (Å²) in [6.07, 6.45) is 3.82. The van der Waals surface area contributed by atoms with Gasteiger partial charge < -0.3 is 14.8 Å². The Morgan fingerprint density at radius 1 is 1.31 bits per heavy atom. The summed E-state index contributed by atoms with van der Waals surface area (Å²) < 4.78 is 10.2. The lowest BCUT2D eigenvalue weighted by molar-refractivity contribution is 0.152. The molecule has 0 heterocycles. The first-order valence-corrected chi connectivity index (χ1v) is 5.09. The van der Waals surface area contributed by atoms with Crippen LogP contribution in [-0.4, -0.2) is 40.0 Å². The highest BCUT2D eigenvalue weighted by Crippen LogP contribution is 2.32. The van der Waals surface area contributed by atoms with Crippen molar-refractivity contribution < 1.29 is 9.47 Å². The van der Waals surface area contributed by atoms with E-state index in [-0.39, 0.29) is 0 Å². The minimum atomic E-state index is 0.571. The van der Waals surface area contributed by atoms with Gasteiger partial charge >= 0.3 is 0 Å². The van der Waals surface area contributed by atoms with E-state index in [0.29, 0.717) is 6.04 Å². The van der Waals surface area contributed by atoms with E-state index >= 15 is 0 Å². The van der Waals surface area contributed by atoms with Crippen LogP contribution in [0.25, 0.3) is 0 Å². The van der Waals surface area contributed by atoms with Gasteiger partial charge in [-0.25, -0.2) is 0 Å². The summed E-state index contributed by atoms with van der Waals surface area (Å²) in [7, 11) is 3.51. The van der Waals surface area contributed by atoms with Crippen LogP contribution in [0.2, 0.25) is 0 Å². The molecular formula is C10H21NO2. The van der Waals surface area contributed by atoms with Gasteiger partial charge in [-0.2, -0.15) is 0 Å². The lowest BCUT2D eigenvalue weighted by Crippen LogP contribution is -2.36. The quantitative estimate of drug-likeness (QED) is 0.576. The fraction of sp³-hybridized carbons (Fsp3) is 1.00. The third-order valence-corrected chi connectivity index (χ3v) is 2.47. The summed E-state index contributed by atoms with van der Waals surface area (Å²) in [4.78, 5) is 0. The normalized spacial score (nSPS) is 18.9. The van der Waals surface area contributed by atoms with Gasteiger partial charge in [0.15, 0.2) is 0 Å². The third-order valence-electron chi connectivity index (χ3n) is 2.47. The second-order valence-electron chi connectivity index (χ2n) is 3.70. The predicted molar refractivity (Wildman–Crippen MR) is 52.9 cm³/mol. The monoisotopic (exact) mass is 187 g/mol. The lowest BCUT2D eigenvalue weighted by Gasteiger charge is -2.16. The summed E-state index contributed by atoms with van der Waals surface area (Å²) in [5.74, 6) is 0.863.